The van der Waals surface area contributed by atoms with Crippen molar-refractivity contribution < 1.29 is 10.0 Å². The average Bonchev–Trinajstić information content (AvgIpc) is 3.11. The van der Waals surface area contributed by atoms with Gasteiger partial charge in [-0.15, -0.1) is 0 Å². The predicted molar refractivity (Wildman–Crippen MR) is 103 cm³/mol. The first-order valence-corrected chi connectivity index (χ1v) is 8.74. The number of hydroxylamine groups is 1. The lowest BCUT2D eigenvalue weighted by Crippen LogP contribution is -2.20. The zero-order valence-corrected chi connectivity index (χ0v) is 15.9. The van der Waals surface area contributed by atoms with Crippen molar-refractivity contribution in [3.05, 3.63) is 68.7 Å². The molecule has 2 aromatic carbocycles. The van der Waals surface area contributed by atoms with Crippen LogP contribution < -0.4 is 10.8 Å². The van der Waals surface area contributed by atoms with Crippen LogP contribution in [0.2, 0.25) is 0 Å². The lowest BCUT2D eigenvalue weighted by atomic mass is 10.1. The van der Waals surface area contributed by atoms with E-state index in [1.165, 1.54) is 0 Å². The zero-order valence-electron chi connectivity index (χ0n) is 12.2. The quantitative estimate of drug-likeness (QED) is 0.287. The fraction of sp³-hybridized carbons (Fsp3) is 0. The number of imidazole rings is 1. The van der Waals surface area contributed by atoms with Gasteiger partial charge in [-0.1, -0.05) is 0 Å². The van der Waals surface area contributed by atoms with E-state index in [2.05, 4.69) is 48.8 Å². The van der Waals surface area contributed by atoms with Gasteiger partial charge in [0.05, 0.1) is 23.3 Å². The molecule has 0 bridgehead atoms. The third-order valence-electron chi connectivity index (χ3n) is 3.34. The second kappa shape index (κ2) is 7.32. The Morgan fingerprint density at radius 3 is 2.62 bits per heavy atom. The summed E-state index contributed by atoms with van der Waals surface area (Å²) in [5, 5.41) is 12.2. The Hall–Kier alpha value is -1.91. The predicted octanol–water partition coefficient (Wildman–Crippen LogP) is 4.10. The highest BCUT2D eigenvalue weighted by atomic mass is 127. The van der Waals surface area contributed by atoms with Crippen molar-refractivity contribution in [2.24, 2.45) is 0 Å². The SMILES string of the molecule is O=C(NO)c1cc(Br)c(-n2ccnc2)cc1Nc1ccc(I)cc1. The van der Waals surface area contributed by atoms with Gasteiger partial charge in [0, 0.05) is 26.1 Å². The fourth-order valence-corrected chi connectivity index (χ4v) is 3.11. The minimum absolute atomic E-state index is 0.312. The molecule has 122 valence electrons. The molecule has 0 radical (unpaired) electrons. The molecule has 0 aliphatic rings. The first kappa shape index (κ1) is 16.9. The summed E-state index contributed by atoms with van der Waals surface area (Å²) in [6, 6.07) is 11.2. The van der Waals surface area contributed by atoms with Crippen molar-refractivity contribution in [2.75, 3.05) is 5.32 Å². The van der Waals surface area contributed by atoms with E-state index in [0.29, 0.717) is 15.7 Å². The molecule has 8 heteroatoms. The molecule has 3 rings (SSSR count). The summed E-state index contributed by atoms with van der Waals surface area (Å²) < 4.78 is 3.64. The van der Waals surface area contributed by atoms with Crippen LogP contribution in [0.15, 0.2) is 59.6 Å². The Kier molecular flexibility index (Phi) is 5.17. The number of halogens is 2. The third-order valence-corrected chi connectivity index (χ3v) is 4.69. The highest BCUT2D eigenvalue weighted by Crippen LogP contribution is 2.30. The van der Waals surface area contributed by atoms with Crippen LogP contribution in [0, 0.1) is 3.57 Å². The molecule has 3 aromatic rings. The number of rotatable bonds is 4. The standard InChI is InChI=1S/C16H12BrIN4O2/c17-13-7-12(16(23)21-24)14(8-15(13)22-6-5-19-9-22)20-11-3-1-10(18)2-4-11/h1-9,20,24H,(H,21,23). The normalized spacial score (nSPS) is 10.5. The number of benzene rings is 2. The minimum atomic E-state index is -0.596. The molecule has 24 heavy (non-hydrogen) atoms. The number of hydrogen-bond donors (Lipinski definition) is 3. The molecular formula is C16H12BrIN4O2. The van der Waals surface area contributed by atoms with Crippen LogP contribution in [0.5, 0.6) is 0 Å². The Morgan fingerprint density at radius 1 is 1.25 bits per heavy atom. The average molecular weight is 499 g/mol. The Balaban J connectivity index is 2.08. The number of amides is 1. The van der Waals surface area contributed by atoms with E-state index in [-0.39, 0.29) is 0 Å². The Bertz CT molecular complexity index is 867. The van der Waals surface area contributed by atoms with Crippen molar-refractivity contribution >= 4 is 55.8 Å². The van der Waals surface area contributed by atoms with E-state index in [1.54, 1.807) is 30.3 Å². The molecule has 0 aliphatic carbocycles. The second-order valence-corrected chi connectivity index (χ2v) is 6.99. The number of anilines is 2. The lowest BCUT2D eigenvalue weighted by Gasteiger charge is -2.15. The number of nitrogens with zero attached hydrogens (tertiary/aromatic N) is 2. The summed E-state index contributed by atoms with van der Waals surface area (Å²) in [4.78, 5) is 16.0. The van der Waals surface area contributed by atoms with Crippen molar-refractivity contribution in [3.63, 3.8) is 0 Å². The Labute approximate surface area is 160 Å². The molecule has 0 spiro atoms. The van der Waals surface area contributed by atoms with E-state index in [1.807, 2.05) is 34.9 Å². The molecule has 3 N–H and O–H groups in total. The van der Waals surface area contributed by atoms with Crippen LogP contribution in [0.25, 0.3) is 5.69 Å². The van der Waals surface area contributed by atoms with Gasteiger partial charge in [0.15, 0.2) is 0 Å². The first-order valence-electron chi connectivity index (χ1n) is 6.87. The van der Waals surface area contributed by atoms with E-state index < -0.39 is 5.91 Å². The molecule has 1 amide bonds. The van der Waals surface area contributed by atoms with Crippen molar-refractivity contribution in [2.45, 2.75) is 0 Å². The van der Waals surface area contributed by atoms with Crippen molar-refractivity contribution in [1.29, 1.82) is 0 Å². The van der Waals surface area contributed by atoms with Gasteiger partial charge in [-0.25, -0.2) is 10.5 Å². The van der Waals surface area contributed by atoms with Crippen LogP contribution in [0.1, 0.15) is 10.4 Å². The van der Waals surface area contributed by atoms with Gasteiger partial charge in [0.2, 0.25) is 0 Å². The molecular weight excluding hydrogens is 487 g/mol. The molecule has 0 saturated carbocycles. The molecule has 1 aromatic heterocycles. The summed E-state index contributed by atoms with van der Waals surface area (Å²) in [7, 11) is 0. The van der Waals surface area contributed by atoms with Gasteiger partial charge in [0.1, 0.15) is 0 Å². The van der Waals surface area contributed by atoms with Gasteiger partial charge in [-0.05, 0) is 74.9 Å². The van der Waals surface area contributed by atoms with E-state index >= 15 is 0 Å². The highest BCUT2D eigenvalue weighted by molar-refractivity contribution is 14.1. The van der Waals surface area contributed by atoms with Crippen molar-refractivity contribution in [3.8, 4) is 5.69 Å². The number of carbonyl (C=O) groups is 1. The molecule has 0 atom stereocenters. The summed E-state index contributed by atoms with van der Waals surface area (Å²) in [6.45, 7) is 0. The maximum absolute atomic E-state index is 12.0. The number of nitrogens with one attached hydrogen (secondary N) is 2. The summed E-state index contributed by atoms with van der Waals surface area (Å²) in [6.07, 6.45) is 5.15. The van der Waals surface area contributed by atoms with Gasteiger partial charge in [0.25, 0.3) is 5.91 Å². The molecule has 0 aliphatic heterocycles. The summed E-state index contributed by atoms with van der Waals surface area (Å²) >= 11 is 5.68. The van der Waals surface area contributed by atoms with Crippen LogP contribution >= 0.6 is 38.5 Å². The van der Waals surface area contributed by atoms with Gasteiger partial charge >= 0.3 is 0 Å². The van der Waals surface area contributed by atoms with Gasteiger partial charge in [-0.3, -0.25) is 10.0 Å². The maximum atomic E-state index is 12.0. The van der Waals surface area contributed by atoms with Crippen LogP contribution in [0.4, 0.5) is 11.4 Å². The monoisotopic (exact) mass is 498 g/mol. The molecule has 0 saturated heterocycles. The topological polar surface area (TPSA) is 79.2 Å². The highest BCUT2D eigenvalue weighted by Gasteiger charge is 2.15. The molecule has 6 nitrogen and oxygen atoms in total. The fourth-order valence-electron chi connectivity index (χ4n) is 2.20. The molecule has 0 unspecified atom stereocenters. The number of aromatic nitrogens is 2. The minimum Gasteiger partial charge on any atom is -0.355 e. The van der Waals surface area contributed by atoms with E-state index in [9.17, 15) is 4.79 Å². The van der Waals surface area contributed by atoms with E-state index in [0.717, 1.165) is 14.9 Å². The number of hydrogen-bond acceptors (Lipinski definition) is 4. The summed E-state index contributed by atoms with van der Waals surface area (Å²) in [5.41, 5.74) is 4.20. The zero-order chi connectivity index (χ0) is 17.1. The second-order valence-electron chi connectivity index (χ2n) is 4.89. The van der Waals surface area contributed by atoms with E-state index in [4.69, 9.17) is 5.21 Å². The summed E-state index contributed by atoms with van der Waals surface area (Å²) in [5.74, 6) is -0.596. The third kappa shape index (κ3) is 3.60. The lowest BCUT2D eigenvalue weighted by molar-refractivity contribution is 0.0707. The largest absolute Gasteiger partial charge is 0.355 e. The Morgan fingerprint density at radius 2 is 2.00 bits per heavy atom. The van der Waals surface area contributed by atoms with Gasteiger partial charge < -0.3 is 9.88 Å². The molecule has 1 heterocycles. The maximum Gasteiger partial charge on any atom is 0.276 e. The van der Waals surface area contributed by atoms with Gasteiger partial charge in [-0.2, -0.15) is 0 Å². The van der Waals surface area contributed by atoms with Crippen LogP contribution in [-0.4, -0.2) is 20.7 Å². The molecule has 0 fully saturated rings. The number of carbonyl (C=O) groups excluding carboxylic acids is 1. The smallest absolute Gasteiger partial charge is 0.276 e. The first-order chi connectivity index (χ1) is 11.6. The van der Waals surface area contributed by atoms with Crippen molar-refractivity contribution in [1.82, 2.24) is 15.0 Å². The van der Waals surface area contributed by atoms with Crippen LogP contribution in [-0.2, 0) is 0 Å². The van der Waals surface area contributed by atoms with Crippen LogP contribution in [0.3, 0.4) is 0 Å².